The molecule has 3 fully saturated rings. The first-order valence-corrected chi connectivity index (χ1v) is 12.7. The SMILES string of the molecule is C=CCCC1CCC(C2CCC3C(CCCC3C(=O)Oc3ccc(C)c(F)c3F)C2)CC1. The van der Waals surface area contributed by atoms with Crippen molar-refractivity contribution in [3.8, 4) is 5.75 Å². The molecule has 4 unspecified atom stereocenters. The molecular formula is C28H38F2O2. The van der Waals surface area contributed by atoms with Gasteiger partial charge in [-0.3, -0.25) is 4.79 Å². The lowest BCUT2D eigenvalue weighted by Crippen LogP contribution is -2.40. The Morgan fingerprint density at radius 2 is 1.75 bits per heavy atom. The Morgan fingerprint density at radius 3 is 2.50 bits per heavy atom. The Hall–Kier alpha value is -1.71. The van der Waals surface area contributed by atoms with E-state index in [0.717, 1.165) is 43.4 Å². The fraction of sp³-hybridized carbons (Fsp3) is 0.679. The van der Waals surface area contributed by atoms with E-state index in [9.17, 15) is 13.6 Å². The second-order valence-electron chi connectivity index (χ2n) is 10.6. The van der Waals surface area contributed by atoms with Gasteiger partial charge in [0.05, 0.1) is 5.92 Å². The van der Waals surface area contributed by atoms with Crippen LogP contribution in [-0.4, -0.2) is 5.97 Å². The van der Waals surface area contributed by atoms with Crippen molar-refractivity contribution in [3.05, 3.63) is 42.0 Å². The van der Waals surface area contributed by atoms with E-state index in [1.54, 1.807) is 0 Å². The fourth-order valence-electron chi connectivity index (χ4n) is 6.91. The molecule has 0 aromatic heterocycles. The van der Waals surface area contributed by atoms with E-state index in [4.69, 9.17) is 4.74 Å². The van der Waals surface area contributed by atoms with E-state index in [0.29, 0.717) is 11.8 Å². The number of carbonyl (C=O) groups excluding carboxylic acids is 1. The number of fused-ring (bicyclic) bond motifs is 1. The summed E-state index contributed by atoms with van der Waals surface area (Å²) in [7, 11) is 0. The highest BCUT2D eigenvalue weighted by molar-refractivity contribution is 5.75. The van der Waals surface area contributed by atoms with E-state index in [1.807, 2.05) is 6.08 Å². The molecule has 3 aliphatic rings. The number of rotatable bonds is 6. The van der Waals surface area contributed by atoms with Crippen LogP contribution in [0.15, 0.2) is 24.8 Å². The van der Waals surface area contributed by atoms with Crippen molar-refractivity contribution in [2.45, 2.75) is 84.0 Å². The van der Waals surface area contributed by atoms with E-state index >= 15 is 0 Å². The number of halogens is 2. The molecule has 0 amide bonds. The Balaban J connectivity index is 1.33. The molecule has 0 radical (unpaired) electrons. The monoisotopic (exact) mass is 444 g/mol. The topological polar surface area (TPSA) is 26.3 Å². The number of allylic oxidation sites excluding steroid dienone is 1. The number of ether oxygens (including phenoxy) is 1. The first-order valence-electron chi connectivity index (χ1n) is 12.7. The van der Waals surface area contributed by atoms with Gasteiger partial charge >= 0.3 is 5.97 Å². The largest absolute Gasteiger partial charge is 0.423 e. The second kappa shape index (κ2) is 10.5. The maximum atomic E-state index is 14.2. The third-order valence-corrected chi connectivity index (χ3v) is 8.78. The normalized spacial score (nSPS) is 32.7. The summed E-state index contributed by atoms with van der Waals surface area (Å²) < 4.78 is 33.5. The van der Waals surface area contributed by atoms with Crippen molar-refractivity contribution < 1.29 is 18.3 Å². The first-order chi connectivity index (χ1) is 15.5. The van der Waals surface area contributed by atoms with Gasteiger partial charge in [-0.1, -0.05) is 37.8 Å². The van der Waals surface area contributed by atoms with Crippen LogP contribution in [0.4, 0.5) is 8.78 Å². The Labute approximate surface area is 191 Å². The van der Waals surface area contributed by atoms with E-state index in [1.165, 1.54) is 70.4 Å². The summed E-state index contributed by atoms with van der Waals surface area (Å²) in [5.74, 6) is 0.574. The fourth-order valence-corrected chi connectivity index (χ4v) is 6.91. The molecule has 0 saturated heterocycles. The molecule has 0 aliphatic heterocycles. The number of hydrogen-bond acceptors (Lipinski definition) is 2. The van der Waals surface area contributed by atoms with Crippen LogP contribution in [0.5, 0.6) is 5.75 Å². The van der Waals surface area contributed by atoms with Gasteiger partial charge < -0.3 is 4.74 Å². The minimum absolute atomic E-state index is 0.187. The molecule has 3 aliphatic carbocycles. The standard InChI is InChI=1S/C28H38F2O2/c1-3-4-6-19-10-12-20(13-11-19)21-14-15-23-22(17-21)7-5-8-24(23)28(31)32-25-16-9-18(2)26(29)27(25)30/h3,9,16,19-24H,1,4-8,10-15,17H2,2H3. The zero-order valence-corrected chi connectivity index (χ0v) is 19.5. The van der Waals surface area contributed by atoms with Gasteiger partial charge in [0.25, 0.3) is 0 Å². The Kier molecular flexibility index (Phi) is 7.68. The molecule has 1 aromatic rings. The molecule has 4 rings (SSSR count). The smallest absolute Gasteiger partial charge is 0.314 e. The molecular weight excluding hydrogens is 406 g/mol. The highest BCUT2D eigenvalue weighted by Gasteiger charge is 2.43. The van der Waals surface area contributed by atoms with Gasteiger partial charge in [-0.2, -0.15) is 4.39 Å². The van der Waals surface area contributed by atoms with Crippen LogP contribution in [0.3, 0.4) is 0 Å². The minimum atomic E-state index is -1.06. The predicted molar refractivity (Wildman–Crippen MR) is 123 cm³/mol. The summed E-state index contributed by atoms with van der Waals surface area (Å²) in [5.41, 5.74) is 0.216. The van der Waals surface area contributed by atoms with Gasteiger partial charge in [-0.05, 0) is 99.5 Å². The van der Waals surface area contributed by atoms with E-state index in [-0.39, 0.29) is 23.2 Å². The minimum Gasteiger partial charge on any atom is -0.423 e. The summed E-state index contributed by atoms with van der Waals surface area (Å²) in [6.45, 7) is 5.36. The number of benzene rings is 1. The molecule has 0 bridgehead atoms. The highest BCUT2D eigenvalue weighted by atomic mass is 19.2. The van der Waals surface area contributed by atoms with Gasteiger partial charge in [0.1, 0.15) is 0 Å². The molecule has 1 aromatic carbocycles. The van der Waals surface area contributed by atoms with E-state index < -0.39 is 11.6 Å². The zero-order valence-electron chi connectivity index (χ0n) is 19.5. The van der Waals surface area contributed by atoms with Crippen LogP contribution in [-0.2, 0) is 4.79 Å². The van der Waals surface area contributed by atoms with Crippen molar-refractivity contribution in [1.29, 1.82) is 0 Å². The summed E-state index contributed by atoms with van der Waals surface area (Å²) in [6, 6.07) is 2.83. The van der Waals surface area contributed by atoms with Crippen molar-refractivity contribution in [3.63, 3.8) is 0 Å². The second-order valence-corrected chi connectivity index (χ2v) is 10.6. The number of carbonyl (C=O) groups is 1. The Morgan fingerprint density at radius 1 is 1.00 bits per heavy atom. The van der Waals surface area contributed by atoms with Gasteiger partial charge in [0.2, 0.25) is 5.82 Å². The third kappa shape index (κ3) is 5.10. The number of esters is 1. The summed E-state index contributed by atoms with van der Waals surface area (Å²) in [4.78, 5) is 13.0. The molecule has 176 valence electrons. The highest BCUT2D eigenvalue weighted by Crippen LogP contribution is 2.50. The van der Waals surface area contributed by atoms with E-state index in [2.05, 4.69) is 6.58 Å². The third-order valence-electron chi connectivity index (χ3n) is 8.78. The average molecular weight is 445 g/mol. The van der Waals surface area contributed by atoms with Crippen molar-refractivity contribution in [2.75, 3.05) is 0 Å². The lowest BCUT2D eigenvalue weighted by Gasteiger charge is -2.46. The lowest BCUT2D eigenvalue weighted by atomic mass is 9.59. The molecule has 0 spiro atoms. The van der Waals surface area contributed by atoms with Crippen molar-refractivity contribution in [2.24, 2.45) is 35.5 Å². The molecule has 32 heavy (non-hydrogen) atoms. The molecule has 0 N–H and O–H groups in total. The molecule has 4 heteroatoms. The van der Waals surface area contributed by atoms with Crippen LogP contribution in [0.25, 0.3) is 0 Å². The summed E-state index contributed by atoms with van der Waals surface area (Å²) in [6.07, 6.45) is 16.4. The lowest BCUT2D eigenvalue weighted by molar-refractivity contribution is -0.144. The summed E-state index contributed by atoms with van der Waals surface area (Å²) >= 11 is 0. The molecule has 0 heterocycles. The van der Waals surface area contributed by atoms with Crippen molar-refractivity contribution >= 4 is 5.97 Å². The first kappa shape index (κ1) is 23.4. The number of aryl methyl sites for hydroxylation is 1. The molecule has 2 nitrogen and oxygen atoms in total. The van der Waals surface area contributed by atoms with Crippen LogP contribution >= 0.6 is 0 Å². The summed E-state index contributed by atoms with van der Waals surface area (Å²) in [5, 5.41) is 0. The molecule has 3 saturated carbocycles. The maximum Gasteiger partial charge on any atom is 0.314 e. The average Bonchev–Trinajstić information content (AvgIpc) is 2.82. The van der Waals surface area contributed by atoms with Gasteiger partial charge in [-0.25, -0.2) is 4.39 Å². The van der Waals surface area contributed by atoms with Gasteiger partial charge in [0.15, 0.2) is 11.6 Å². The zero-order chi connectivity index (χ0) is 22.7. The van der Waals surface area contributed by atoms with Gasteiger partial charge in [-0.15, -0.1) is 6.58 Å². The predicted octanol–water partition coefficient (Wildman–Crippen LogP) is 7.78. The van der Waals surface area contributed by atoms with Crippen LogP contribution in [0, 0.1) is 54.1 Å². The van der Waals surface area contributed by atoms with Crippen molar-refractivity contribution in [1.82, 2.24) is 0 Å². The molecule has 4 atom stereocenters. The van der Waals surface area contributed by atoms with Crippen LogP contribution in [0.2, 0.25) is 0 Å². The number of hydrogen-bond donors (Lipinski definition) is 0. The maximum absolute atomic E-state index is 14.2. The van der Waals surface area contributed by atoms with Gasteiger partial charge in [0, 0.05) is 0 Å². The van der Waals surface area contributed by atoms with Crippen LogP contribution in [0.1, 0.15) is 82.6 Å². The Bertz CT molecular complexity index is 812. The quantitative estimate of drug-likeness (QED) is 0.254. The van der Waals surface area contributed by atoms with Crippen LogP contribution < -0.4 is 4.74 Å².